The lowest BCUT2D eigenvalue weighted by atomic mass is 9.79. The summed E-state index contributed by atoms with van der Waals surface area (Å²) in [6.07, 6.45) is 0. The molecule has 6 nitrogen and oxygen atoms in total. The molecule has 0 bridgehead atoms. The second kappa shape index (κ2) is 10.3. The SMILES string of the molecule is CCOc1cc([C@@H]2C(C(=O)OC)=C(C)NC3=C2C(=O)c2ccccc23)cc(Cl)c1OCc1ccc(F)cc1. The molecular weight excluding hydrogens is 509 g/mol. The lowest BCUT2D eigenvalue weighted by Gasteiger charge is -2.29. The second-order valence-corrected chi connectivity index (χ2v) is 9.34. The van der Waals surface area contributed by atoms with E-state index in [-0.39, 0.29) is 23.2 Å². The van der Waals surface area contributed by atoms with E-state index in [1.165, 1.54) is 19.2 Å². The van der Waals surface area contributed by atoms with Gasteiger partial charge in [-0.3, -0.25) is 4.79 Å². The summed E-state index contributed by atoms with van der Waals surface area (Å²) in [7, 11) is 1.31. The summed E-state index contributed by atoms with van der Waals surface area (Å²) in [5.41, 5.74) is 4.66. The lowest BCUT2D eigenvalue weighted by Crippen LogP contribution is -2.29. The van der Waals surface area contributed by atoms with Gasteiger partial charge in [0.05, 0.1) is 30.0 Å². The Morgan fingerprint density at radius 2 is 1.76 bits per heavy atom. The Morgan fingerprint density at radius 3 is 2.45 bits per heavy atom. The van der Waals surface area contributed by atoms with Gasteiger partial charge in [-0.15, -0.1) is 0 Å². The summed E-state index contributed by atoms with van der Waals surface area (Å²) >= 11 is 6.73. The third-order valence-corrected chi connectivity index (χ3v) is 6.90. The van der Waals surface area contributed by atoms with Gasteiger partial charge in [0.15, 0.2) is 17.3 Å². The zero-order valence-corrected chi connectivity index (χ0v) is 21.8. The third-order valence-electron chi connectivity index (χ3n) is 6.62. The minimum atomic E-state index is -0.749. The molecule has 2 aliphatic rings. The van der Waals surface area contributed by atoms with Gasteiger partial charge in [0, 0.05) is 28.3 Å². The molecule has 0 saturated carbocycles. The summed E-state index contributed by atoms with van der Waals surface area (Å²) in [5.74, 6) is -1.14. The minimum absolute atomic E-state index is 0.141. The first kappa shape index (κ1) is 25.5. The molecule has 1 N–H and O–H groups in total. The lowest BCUT2D eigenvalue weighted by molar-refractivity contribution is -0.136. The Labute approximate surface area is 224 Å². The maximum absolute atomic E-state index is 13.6. The molecule has 0 amide bonds. The number of ketones is 1. The topological polar surface area (TPSA) is 73.9 Å². The number of ether oxygens (including phenoxy) is 3. The van der Waals surface area contributed by atoms with Gasteiger partial charge in [-0.1, -0.05) is 48.0 Å². The van der Waals surface area contributed by atoms with Crippen molar-refractivity contribution in [3.63, 3.8) is 0 Å². The quantitative estimate of drug-likeness (QED) is 0.365. The van der Waals surface area contributed by atoms with Crippen LogP contribution in [0, 0.1) is 5.82 Å². The van der Waals surface area contributed by atoms with E-state index in [0.29, 0.717) is 51.8 Å². The maximum Gasteiger partial charge on any atom is 0.336 e. The smallest absolute Gasteiger partial charge is 0.336 e. The summed E-state index contributed by atoms with van der Waals surface area (Å²) in [4.78, 5) is 26.6. The number of methoxy groups -OCH3 is 1. The van der Waals surface area contributed by atoms with Gasteiger partial charge in [0.1, 0.15) is 12.4 Å². The fourth-order valence-electron chi connectivity index (χ4n) is 4.94. The summed E-state index contributed by atoms with van der Waals surface area (Å²) < 4.78 is 30.3. The van der Waals surface area contributed by atoms with E-state index in [1.807, 2.05) is 25.1 Å². The van der Waals surface area contributed by atoms with Crippen molar-refractivity contribution in [2.24, 2.45) is 0 Å². The van der Waals surface area contributed by atoms with Crippen LogP contribution in [0.15, 0.2) is 77.5 Å². The number of dihydropyridines is 1. The van der Waals surface area contributed by atoms with Crippen molar-refractivity contribution in [2.45, 2.75) is 26.4 Å². The van der Waals surface area contributed by atoms with Gasteiger partial charge in [-0.25, -0.2) is 9.18 Å². The number of hydrogen-bond donors (Lipinski definition) is 1. The zero-order valence-electron chi connectivity index (χ0n) is 21.1. The van der Waals surface area contributed by atoms with Gasteiger partial charge in [0.25, 0.3) is 0 Å². The molecule has 0 aromatic heterocycles. The third kappa shape index (κ3) is 4.43. The molecule has 3 aromatic carbocycles. The molecule has 0 radical (unpaired) electrons. The number of fused-ring (bicyclic) bond motifs is 2. The van der Waals surface area contributed by atoms with Gasteiger partial charge in [-0.2, -0.15) is 0 Å². The first-order valence-electron chi connectivity index (χ1n) is 12.1. The minimum Gasteiger partial charge on any atom is -0.490 e. The van der Waals surface area contributed by atoms with Crippen LogP contribution in [0.5, 0.6) is 11.5 Å². The van der Waals surface area contributed by atoms with E-state index in [9.17, 15) is 14.0 Å². The molecule has 5 rings (SSSR count). The number of halogens is 2. The molecule has 1 atom stereocenters. The van der Waals surface area contributed by atoms with Crippen molar-refractivity contribution in [3.05, 3.63) is 111 Å². The van der Waals surface area contributed by atoms with E-state index in [4.69, 9.17) is 25.8 Å². The highest BCUT2D eigenvalue weighted by Gasteiger charge is 2.43. The van der Waals surface area contributed by atoms with Crippen molar-refractivity contribution in [1.82, 2.24) is 5.32 Å². The number of esters is 1. The molecule has 0 unspecified atom stereocenters. The highest BCUT2D eigenvalue weighted by atomic mass is 35.5. The Balaban J connectivity index is 1.61. The van der Waals surface area contributed by atoms with Crippen LogP contribution in [-0.2, 0) is 16.1 Å². The first-order valence-corrected chi connectivity index (χ1v) is 12.5. The molecule has 8 heteroatoms. The van der Waals surface area contributed by atoms with Gasteiger partial charge in [0.2, 0.25) is 0 Å². The molecule has 194 valence electrons. The van der Waals surface area contributed by atoms with E-state index in [2.05, 4.69) is 5.32 Å². The van der Waals surface area contributed by atoms with Crippen molar-refractivity contribution in [2.75, 3.05) is 13.7 Å². The van der Waals surface area contributed by atoms with Crippen molar-refractivity contribution in [3.8, 4) is 11.5 Å². The fourth-order valence-corrected chi connectivity index (χ4v) is 5.21. The van der Waals surface area contributed by atoms with Crippen LogP contribution in [0.1, 0.15) is 46.8 Å². The number of nitrogens with one attached hydrogen (secondary N) is 1. The number of allylic oxidation sites excluding steroid dienone is 2. The van der Waals surface area contributed by atoms with Crippen LogP contribution in [0.4, 0.5) is 4.39 Å². The summed E-state index contributed by atoms with van der Waals surface area (Å²) in [5, 5.41) is 3.51. The highest BCUT2D eigenvalue weighted by molar-refractivity contribution is 6.32. The standard InChI is InChI=1S/C30H25ClFNO5/c1-4-37-23-14-18(13-22(31)29(23)38-15-17-9-11-19(32)12-10-17)25-24(30(35)36-3)16(2)33-27-20-7-5-6-8-21(20)28(34)26(25)27/h5-14,25,33H,4,15H2,1-3H3/t25-/m1/s1. The van der Waals surface area contributed by atoms with Gasteiger partial charge >= 0.3 is 5.97 Å². The first-order chi connectivity index (χ1) is 18.3. The second-order valence-electron chi connectivity index (χ2n) is 8.93. The van der Waals surface area contributed by atoms with E-state index < -0.39 is 11.9 Å². The normalized spacial score (nSPS) is 16.1. The number of rotatable bonds is 7. The van der Waals surface area contributed by atoms with Crippen LogP contribution in [0.3, 0.4) is 0 Å². The number of hydrogen-bond acceptors (Lipinski definition) is 6. The van der Waals surface area contributed by atoms with Crippen molar-refractivity contribution >= 4 is 29.1 Å². The van der Waals surface area contributed by atoms with Gasteiger partial charge < -0.3 is 19.5 Å². The monoisotopic (exact) mass is 533 g/mol. The van der Waals surface area contributed by atoms with Crippen LogP contribution >= 0.6 is 11.6 Å². The molecule has 38 heavy (non-hydrogen) atoms. The Morgan fingerprint density at radius 1 is 1.05 bits per heavy atom. The average Bonchev–Trinajstić information content (AvgIpc) is 3.19. The highest BCUT2D eigenvalue weighted by Crippen LogP contribution is 2.49. The molecule has 1 heterocycles. The number of Topliss-reactive ketones (excluding diaryl/α,β-unsaturated/α-hetero) is 1. The molecule has 0 spiro atoms. The largest absolute Gasteiger partial charge is 0.490 e. The fraction of sp³-hybridized carbons (Fsp3) is 0.200. The van der Waals surface area contributed by atoms with Crippen LogP contribution in [0.2, 0.25) is 5.02 Å². The molecule has 0 fully saturated rings. The maximum atomic E-state index is 13.6. The summed E-state index contributed by atoms with van der Waals surface area (Å²) in [6, 6.07) is 16.7. The Hall–Kier alpha value is -4.10. The van der Waals surface area contributed by atoms with Crippen molar-refractivity contribution < 1.29 is 28.2 Å². The molecule has 1 aliphatic carbocycles. The van der Waals surface area contributed by atoms with Gasteiger partial charge in [-0.05, 0) is 49.2 Å². The molecule has 0 saturated heterocycles. The number of carbonyl (C=O) groups is 2. The van der Waals surface area contributed by atoms with Crippen molar-refractivity contribution in [1.29, 1.82) is 0 Å². The molecular formula is C30H25ClFNO5. The molecule has 1 aliphatic heterocycles. The predicted molar refractivity (Wildman–Crippen MR) is 142 cm³/mol. The average molecular weight is 534 g/mol. The van der Waals surface area contributed by atoms with Crippen LogP contribution < -0.4 is 14.8 Å². The Kier molecular flexibility index (Phi) is 6.95. The van der Waals surface area contributed by atoms with E-state index in [1.54, 1.807) is 37.3 Å². The van der Waals surface area contributed by atoms with Crippen LogP contribution in [-0.4, -0.2) is 25.5 Å². The number of carbonyl (C=O) groups excluding carboxylic acids is 2. The molecule has 3 aromatic rings. The zero-order chi connectivity index (χ0) is 27.0. The van der Waals surface area contributed by atoms with Crippen LogP contribution in [0.25, 0.3) is 5.70 Å². The van der Waals surface area contributed by atoms with E-state index >= 15 is 0 Å². The number of benzene rings is 3. The van der Waals surface area contributed by atoms with E-state index in [0.717, 1.165) is 11.1 Å². The Bertz CT molecular complexity index is 1510. The summed E-state index contributed by atoms with van der Waals surface area (Å²) in [6.45, 7) is 4.08. The predicted octanol–water partition coefficient (Wildman–Crippen LogP) is 6.20.